The SMILES string of the molecule is COc1ccc(-c2c(C(F)(F)F)oc3cc(OCC#N)ccc3c2=O)cc1. The summed E-state index contributed by atoms with van der Waals surface area (Å²) < 4.78 is 55.8. The number of alkyl halides is 3. The van der Waals surface area contributed by atoms with E-state index in [2.05, 4.69) is 0 Å². The summed E-state index contributed by atoms with van der Waals surface area (Å²) in [5.41, 5.74) is -1.62. The first-order valence-corrected chi connectivity index (χ1v) is 7.67. The number of rotatable bonds is 4. The molecular weight excluding hydrogens is 363 g/mol. The number of halogens is 3. The van der Waals surface area contributed by atoms with Crippen LogP contribution in [0.15, 0.2) is 51.7 Å². The zero-order valence-electron chi connectivity index (χ0n) is 14.0. The minimum atomic E-state index is -4.88. The van der Waals surface area contributed by atoms with Crippen LogP contribution in [0.1, 0.15) is 5.76 Å². The maximum Gasteiger partial charge on any atom is 0.450 e. The molecule has 0 saturated heterocycles. The van der Waals surface area contributed by atoms with Crippen molar-refractivity contribution >= 4 is 11.0 Å². The van der Waals surface area contributed by atoms with Gasteiger partial charge in [-0.2, -0.15) is 18.4 Å². The summed E-state index contributed by atoms with van der Waals surface area (Å²) in [5.74, 6) is -0.836. The lowest BCUT2D eigenvalue weighted by Gasteiger charge is -2.13. The predicted octanol–water partition coefficient (Wildman–Crippen LogP) is 4.39. The normalized spacial score (nSPS) is 11.2. The molecule has 0 aliphatic carbocycles. The molecule has 1 heterocycles. The van der Waals surface area contributed by atoms with Gasteiger partial charge in [-0.05, 0) is 29.8 Å². The number of hydrogen-bond donors (Lipinski definition) is 0. The standard InChI is InChI=1S/C19H12F3NO4/c1-25-12-4-2-11(3-5-12)16-17(24)14-7-6-13(26-9-8-23)10-15(14)27-18(16)19(20,21)22/h2-7,10H,9H2,1H3. The van der Waals surface area contributed by atoms with E-state index in [-0.39, 0.29) is 28.9 Å². The fourth-order valence-electron chi connectivity index (χ4n) is 2.60. The van der Waals surface area contributed by atoms with Gasteiger partial charge in [0.1, 0.15) is 23.2 Å². The van der Waals surface area contributed by atoms with Crippen LogP contribution in [-0.2, 0) is 6.18 Å². The molecule has 2 aromatic carbocycles. The van der Waals surface area contributed by atoms with Crippen LogP contribution in [0.2, 0.25) is 0 Å². The van der Waals surface area contributed by atoms with Gasteiger partial charge in [0.05, 0.1) is 18.1 Å². The Balaban J connectivity index is 2.26. The quantitative estimate of drug-likeness (QED) is 0.676. The number of benzene rings is 2. The third-order valence-electron chi connectivity index (χ3n) is 3.80. The molecule has 0 unspecified atom stereocenters. The fraction of sp³-hybridized carbons (Fsp3) is 0.158. The van der Waals surface area contributed by atoms with E-state index in [1.54, 1.807) is 6.07 Å². The molecule has 0 fully saturated rings. The van der Waals surface area contributed by atoms with Crippen LogP contribution < -0.4 is 14.9 Å². The second-order valence-electron chi connectivity index (χ2n) is 5.47. The summed E-state index contributed by atoms with van der Waals surface area (Å²) in [6, 6.07) is 11.2. The molecule has 0 radical (unpaired) electrons. The molecule has 5 nitrogen and oxygen atoms in total. The van der Waals surface area contributed by atoms with Gasteiger partial charge >= 0.3 is 6.18 Å². The Kier molecular flexibility index (Phi) is 4.77. The maximum absolute atomic E-state index is 13.6. The average molecular weight is 375 g/mol. The van der Waals surface area contributed by atoms with E-state index in [4.69, 9.17) is 19.2 Å². The molecule has 0 spiro atoms. The summed E-state index contributed by atoms with van der Waals surface area (Å²) in [5, 5.41) is 8.50. The van der Waals surface area contributed by atoms with Crippen molar-refractivity contribution in [2.75, 3.05) is 13.7 Å². The highest BCUT2D eigenvalue weighted by atomic mass is 19.4. The first-order valence-electron chi connectivity index (χ1n) is 7.67. The van der Waals surface area contributed by atoms with E-state index in [1.165, 1.54) is 43.5 Å². The molecular formula is C19H12F3NO4. The molecule has 0 amide bonds. The van der Waals surface area contributed by atoms with Crippen molar-refractivity contribution in [2.24, 2.45) is 0 Å². The van der Waals surface area contributed by atoms with E-state index < -0.39 is 22.9 Å². The van der Waals surface area contributed by atoms with E-state index >= 15 is 0 Å². The van der Waals surface area contributed by atoms with Gasteiger partial charge < -0.3 is 13.9 Å². The molecule has 138 valence electrons. The maximum atomic E-state index is 13.6. The number of hydrogen-bond acceptors (Lipinski definition) is 5. The molecule has 3 rings (SSSR count). The Morgan fingerprint density at radius 3 is 2.37 bits per heavy atom. The van der Waals surface area contributed by atoms with Crippen molar-refractivity contribution in [1.82, 2.24) is 0 Å². The smallest absolute Gasteiger partial charge is 0.450 e. The minimum Gasteiger partial charge on any atom is -0.497 e. The topological polar surface area (TPSA) is 72.5 Å². The first kappa shape index (κ1) is 18.3. The van der Waals surface area contributed by atoms with E-state index in [0.29, 0.717) is 5.75 Å². The molecule has 0 aliphatic rings. The second kappa shape index (κ2) is 7.03. The van der Waals surface area contributed by atoms with Gasteiger partial charge in [0.2, 0.25) is 11.2 Å². The zero-order chi connectivity index (χ0) is 19.6. The molecule has 0 atom stereocenters. The van der Waals surface area contributed by atoms with Crippen molar-refractivity contribution < 1.29 is 27.1 Å². The minimum absolute atomic E-state index is 0.0295. The van der Waals surface area contributed by atoms with Crippen LogP contribution >= 0.6 is 0 Å². The lowest BCUT2D eigenvalue weighted by atomic mass is 10.0. The molecule has 0 saturated carbocycles. The highest BCUT2D eigenvalue weighted by molar-refractivity contribution is 5.84. The van der Waals surface area contributed by atoms with Crippen molar-refractivity contribution in [1.29, 1.82) is 5.26 Å². The number of nitrogens with zero attached hydrogens (tertiary/aromatic N) is 1. The summed E-state index contributed by atoms with van der Waals surface area (Å²) in [4.78, 5) is 12.8. The van der Waals surface area contributed by atoms with Gasteiger partial charge in [-0.3, -0.25) is 4.79 Å². The molecule has 8 heteroatoms. The second-order valence-corrected chi connectivity index (χ2v) is 5.47. The largest absolute Gasteiger partial charge is 0.497 e. The Morgan fingerprint density at radius 1 is 1.11 bits per heavy atom. The van der Waals surface area contributed by atoms with E-state index in [1.807, 2.05) is 0 Å². The predicted molar refractivity (Wildman–Crippen MR) is 90.6 cm³/mol. The fourth-order valence-corrected chi connectivity index (χ4v) is 2.60. The molecule has 3 aromatic rings. The van der Waals surface area contributed by atoms with Crippen molar-refractivity contribution in [2.45, 2.75) is 6.18 Å². The first-order chi connectivity index (χ1) is 12.8. The zero-order valence-corrected chi connectivity index (χ0v) is 14.0. The summed E-state index contributed by atoms with van der Waals surface area (Å²) in [6.45, 7) is -0.286. The van der Waals surface area contributed by atoms with Gasteiger partial charge in [0.25, 0.3) is 0 Å². The van der Waals surface area contributed by atoms with Crippen molar-refractivity contribution in [3.8, 4) is 28.7 Å². The Morgan fingerprint density at radius 2 is 1.78 bits per heavy atom. The van der Waals surface area contributed by atoms with E-state index in [9.17, 15) is 18.0 Å². The average Bonchev–Trinajstić information content (AvgIpc) is 2.65. The molecule has 1 aromatic heterocycles. The van der Waals surface area contributed by atoms with Gasteiger partial charge in [-0.25, -0.2) is 0 Å². The summed E-state index contributed by atoms with van der Waals surface area (Å²) in [7, 11) is 1.42. The monoisotopic (exact) mass is 375 g/mol. The highest BCUT2D eigenvalue weighted by Gasteiger charge is 2.39. The third-order valence-corrected chi connectivity index (χ3v) is 3.80. The lowest BCUT2D eigenvalue weighted by Crippen LogP contribution is -2.16. The molecule has 27 heavy (non-hydrogen) atoms. The Hall–Kier alpha value is -3.47. The lowest BCUT2D eigenvalue weighted by molar-refractivity contribution is -0.152. The van der Waals surface area contributed by atoms with Crippen LogP contribution in [0.3, 0.4) is 0 Å². The van der Waals surface area contributed by atoms with Crippen molar-refractivity contribution in [3.63, 3.8) is 0 Å². The van der Waals surface area contributed by atoms with E-state index in [0.717, 1.165) is 6.07 Å². The van der Waals surface area contributed by atoms with Crippen LogP contribution in [-0.4, -0.2) is 13.7 Å². The van der Waals surface area contributed by atoms with Gasteiger partial charge in [-0.1, -0.05) is 12.1 Å². The summed E-state index contributed by atoms with van der Waals surface area (Å²) >= 11 is 0. The molecule has 0 N–H and O–H groups in total. The third kappa shape index (κ3) is 3.58. The Bertz CT molecular complexity index is 1080. The van der Waals surface area contributed by atoms with Gasteiger partial charge in [-0.15, -0.1) is 0 Å². The van der Waals surface area contributed by atoms with Crippen LogP contribution in [0.25, 0.3) is 22.1 Å². The molecule has 0 aliphatic heterocycles. The van der Waals surface area contributed by atoms with Gasteiger partial charge in [0, 0.05) is 6.07 Å². The summed E-state index contributed by atoms with van der Waals surface area (Å²) in [6.07, 6.45) is -4.88. The van der Waals surface area contributed by atoms with Crippen LogP contribution in [0.5, 0.6) is 11.5 Å². The number of ether oxygens (including phenoxy) is 2. The van der Waals surface area contributed by atoms with Crippen LogP contribution in [0, 0.1) is 11.3 Å². The molecule has 0 bridgehead atoms. The highest BCUT2D eigenvalue weighted by Crippen LogP contribution is 2.38. The van der Waals surface area contributed by atoms with Crippen molar-refractivity contribution in [3.05, 3.63) is 58.4 Å². The number of fused-ring (bicyclic) bond motifs is 1. The van der Waals surface area contributed by atoms with Crippen LogP contribution in [0.4, 0.5) is 13.2 Å². The van der Waals surface area contributed by atoms with Gasteiger partial charge in [0.15, 0.2) is 6.61 Å². The number of methoxy groups -OCH3 is 1. The number of nitriles is 1. The Labute approximate surface area is 151 Å².